The molecule has 0 spiro atoms. The van der Waals surface area contributed by atoms with Crippen LogP contribution in [0.1, 0.15) is 33.1 Å². The molecule has 0 aromatic rings. The van der Waals surface area contributed by atoms with Gasteiger partial charge in [0.25, 0.3) is 0 Å². The quantitative estimate of drug-likeness (QED) is 0.641. The van der Waals surface area contributed by atoms with Gasteiger partial charge in [-0.05, 0) is 39.5 Å². The van der Waals surface area contributed by atoms with Gasteiger partial charge in [-0.2, -0.15) is 17.0 Å². The fourth-order valence-electron chi connectivity index (χ4n) is 0.916. The molecule has 0 heterocycles. The molecule has 0 fully saturated rings. The van der Waals surface area contributed by atoms with E-state index in [-0.39, 0.29) is 0 Å². The van der Waals surface area contributed by atoms with Crippen molar-refractivity contribution in [1.29, 1.82) is 5.26 Å². The first-order chi connectivity index (χ1) is 6.12. The number of thioether (sulfide) groups is 1. The Bertz CT molecular complexity index is 161. The maximum atomic E-state index is 8.32. The predicted octanol–water partition coefficient (Wildman–Crippen LogP) is 2.41. The molecule has 0 aliphatic heterocycles. The highest BCUT2D eigenvalue weighted by atomic mass is 32.2. The number of nitriles is 1. The minimum absolute atomic E-state index is 0.329. The van der Waals surface area contributed by atoms with Crippen LogP contribution in [0.2, 0.25) is 0 Å². The number of hydrogen-bond acceptors (Lipinski definition) is 3. The summed E-state index contributed by atoms with van der Waals surface area (Å²) < 4.78 is 0.329. The first kappa shape index (κ1) is 12.8. The molecule has 1 N–H and O–H groups in total. The molecule has 0 unspecified atom stereocenters. The molecule has 0 radical (unpaired) electrons. The van der Waals surface area contributed by atoms with Crippen LogP contribution in [0.25, 0.3) is 0 Å². The van der Waals surface area contributed by atoms with Crippen LogP contribution in [0.3, 0.4) is 0 Å². The van der Waals surface area contributed by atoms with Gasteiger partial charge in [0.1, 0.15) is 0 Å². The van der Waals surface area contributed by atoms with Crippen LogP contribution in [-0.4, -0.2) is 24.1 Å². The van der Waals surface area contributed by atoms with Crippen molar-refractivity contribution in [1.82, 2.24) is 5.32 Å². The summed E-state index contributed by atoms with van der Waals surface area (Å²) in [6, 6.07) is 2.15. The Morgan fingerprint density at radius 1 is 1.38 bits per heavy atom. The summed E-state index contributed by atoms with van der Waals surface area (Å²) in [4.78, 5) is 0. The average Bonchev–Trinajstić information content (AvgIpc) is 2.11. The smallest absolute Gasteiger partial charge is 0.0621 e. The molecule has 0 bridgehead atoms. The molecule has 0 aliphatic carbocycles. The molecule has 0 rings (SSSR count). The van der Waals surface area contributed by atoms with E-state index < -0.39 is 0 Å². The fraction of sp³-hybridized carbons (Fsp3) is 0.900. The number of unbranched alkanes of at least 4 members (excludes halogenated alkanes) is 2. The average molecular weight is 200 g/mol. The summed E-state index contributed by atoms with van der Waals surface area (Å²) in [7, 11) is 0. The molecule has 0 amide bonds. The van der Waals surface area contributed by atoms with Crippen LogP contribution in [0.15, 0.2) is 0 Å². The number of rotatable bonds is 7. The van der Waals surface area contributed by atoms with Crippen molar-refractivity contribution in [2.45, 2.75) is 37.9 Å². The third-order valence-corrected chi connectivity index (χ3v) is 3.24. The van der Waals surface area contributed by atoms with Gasteiger partial charge < -0.3 is 5.32 Å². The normalized spacial score (nSPS) is 11.2. The zero-order valence-electron chi connectivity index (χ0n) is 8.89. The van der Waals surface area contributed by atoms with Crippen LogP contribution >= 0.6 is 11.8 Å². The summed E-state index contributed by atoms with van der Waals surface area (Å²) in [5.41, 5.74) is 0. The highest BCUT2D eigenvalue weighted by Crippen LogP contribution is 2.19. The Labute approximate surface area is 86.1 Å². The molecule has 0 atom stereocenters. The summed E-state index contributed by atoms with van der Waals surface area (Å²) in [6.07, 6.45) is 4.95. The lowest BCUT2D eigenvalue weighted by molar-refractivity contribution is 0.568. The maximum Gasteiger partial charge on any atom is 0.0621 e. The second-order valence-corrected chi connectivity index (χ2v) is 5.27. The van der Waals surface area contributed by atoms with Gasteiger partial charge >= 0.3 is 0 Å². The standard InChI is InChI=1S/C10H20N2S/c1-10(2,13-3)9-12-8-6-4-5-7-11/h12H,4-6,8-9H2,1-3H3. The van der Waals surface area contributed by atoms with Crippen LogP contribution in [0.5, 0.6) is 0 Å². The Kier molecular flexibility index (Phi) is 7.12. The number of hydrogen-bond donors (Lipinski definition) is 1. The maximum absolute atomic E-state index is 8.32. The topological polar surface area (TPSA) is 35.8 Å². The van der Waals surface area contributed by atoms with E-state index >= 15 is 0 Å². The minimum Gasteiger partial charge on any atom is -0.315 e. The predicted molar refractivity (Wildman–Crippen MR) is 59.9 cm³/mol. The van der Waals surface area contributed by atoms with Crippen molar-refractivity contribution in [3.63, 3.8) is 0 Å². The second kappa shape index (κ2) is 7.23. The van der Waals surface area contributed by atoms with Crippen molar-refractivity contribution >= 4 is 11.8 Å². The molecule has 0 saturated heterocycles. The van der Waals surface area contributed by atoms with E-state index in [9.17, 15) is 0 Å². The second-order valence-electron chi connectivity index (χ2n) is 3.76. The van der Waals surface area contributed by atoms with Gasteiger partial charge in [-0.1, -0.05) is 0 Å². The van der Waals surface area contributed by atoms with Gasteiger partial charge in [-0.3, -0.25) is 0 Å². The molecule has 13 heavy (non-hydrogen) atoms. The van der Waals surface area contributed by atoms with Crippen molar-refractivity contribution in [3.05, 3.63) is 0 Å². The van der Waals surface area contributed by atoms with Crippen molar-refractivity contribution in [2.75, 3.05) is 19.3 Å². The first-order valence-electron chi connectivity index (χ1n) is 4.75. The minimum atomic E-state index is 0.329. The summed E-state index contributed by atoms with van der Waals surface area (Å²) >= 11 is 1.88. The van der Waals surface area contributed by atoms with Crippen molar-refractivity contribution in [2.24, 2.45) is 0 Å². The van der Waals surface area contributed by atoms with E-state index in [0.717, 1.165) is 25.9 Å². The molecule has 76 valence electrons. The van der Waals surface area contributed by atoms with Gasteiger partial charge in [0.15, 0.2) is 0 Å². The highest BCUT2D eigenvalue weighted by Gasteiger charge is 2.14. The Morgan fingerprint density at radius 2 is 2.08 bits per heavy atom. The molecular formula is C10H20N2S. The van der Waals surface area contributed by atoms with Crippen LogP contribution < -0.4 is 5.32 Å². The zero-order chi connectivity index (χ0) is 10.2. The molecular weight excluding hydrogens is 180 g/mol. The van der Waals surface area contributed by atoms with E-state index in [0.29, 0.717) is 11.2 Å². The fourth-order valence-corrected chi connectivity index (χ4v) is 1.16. The van der Waals surface area contributed by atoms with Gasteiger partial charge in [-0.15, -0.1) is 0 Å². The highest BCUT2D eigenvalue weighted by molar-refractivity contribution is 7.99. The summed E-state index contributed by atoms with van der Waals surface area (Å²) in [6.45, 7) is 6.55. The van der Waals surface area contributed by atoms with E-state index in [1.54, 1.807) is 0 Å². The lowest BCUT2D eigenvalue weighted by atomic mass is 10.2. The lowest BCUT2D eigenvalue weighted by Crippen LogP contribution is -2.32. The van der Waals surface area contributed by atoms with Crippen LogP contribution in [-0.2, 0) is 0 Å². The molecule has 0 saturated carbocycles. The van der Waals surface area contributed by atoms with Crippen molar-refractivity contribution < 1.29 is 0 Å². The van der Waals surface area contributed by atoms with E-state index in [2.05, 4.69) is 31.5 Å². The Hall–Kier alpha value is -0.200. The van der Waals surface area contributed by atoms with Crippen LogP contribution in [0.4, 0.5) is 0 Å². The Balaban J connectivity index is 3.22. The Morgan fingerprint density at radius 3 is 2.62 bits per heavy atom. The molecule has 0 aliphatic rings. The zero-order valence-corrected chi connectivity index (χ0v) is 9.71. The first-order valence-corrected chi connectivity index (χ1v) is 5.97. The van der Waals surface area contributed by atoms with Gasteiger partial charge in [0.2, 0.25) is 0 Å². The lowest BCUT2D eigenvalue weighted by Gasteiger charge is -2.22. The van der Waals surface area contributed by atoms with Gasteiger partial charge in [0.05, 0.1) is 6.07 Å². The van der Waals surface area contributed by atoms with Crippen molar-refractivity contribution in [3.8, 4) is 6.07 Å². The van der Waals surface area contributed by atoms with E-state index in [1.165, 1.54) is 0 Å². The monoisotopic (exact) mass is 200 g/mol. The number of nitrogens with one attached hydrogen (secondary N) is 1. The number of nitrogens with zero attached hydrogens (tertiary/aromatic N) is 1. The molecule has 0 aromatic heterocycles. The SMILES string of the molecule is CSC(C)(C)CNCCCCC#N. The van der Waals surface area contributed by atoms with E-state index in [1.807, 2.05) is 11.8 Å². The molecule has 2 nitrogen and oxygen atoms in total. The molecule has 3 heteroatoms. The summed E-state index contributed by atoms with van der Waals surface area (Å²) in [5.74, 6) is 0. The third-order valence-electron chi connectivity index (χ3n) is 2.00. The molecule has 0 aromatic carbocycles. The van der Waals surface area contributed by atoms with E-state index in [4.69, 9.17) is 5.26 Å². The van der Waals surface area contributed by atoms with Gasteiger partial charge in [-0.25, -0.2) is 0 Å². The summed E-state index contributed by atoms with van der Waals surface area (Å²) in [5, 5.41) is 11.7. The van der Waals surface area contributed by atoms with Gasteiger partial charge in [0, 0.05) is 17.7 Å². The largest absolute Gasteiger partial charge is 0.315 e. The van der Waals surface area contributed by atoms with Crippen LogP contribution in [0, 0.1) is 11.3 Å². The third kappa shape index (κ3) is 8.14.